The van der Waals surface area contributed by atoms with Gasteiger partial charge in [0.2, 0.25) is 0 Å². The van der Waals surface area contributed by atoms with Crippen molar-refractivity contribution in [1.82, 2.24) is 25.2 Å². The summed E-state index contributed by atoms with van der Waals surface area (Å²) in [6.07, 6.45) is 9.73. The van der Waals surface area contributed by atoms with E-state index in [1.54, 1.807) is 23.1 Å². The number of ketones is 1. The van der Waals surface area contributed by atoms with Gasteiger partial charge in [0.05, 0.1) is 34.9 Å². The zero-order valence-corrected chi connectivity index (χ0v) is 23.3. The number of carbonyl (C=O) groups excluding carboxylic acids is 2. The molecule has 1 aliphatic carbocycles. The van der Waals surface area contributed by atoms with Crippen LogP contribution in [0, 0.1) is 19.8 Å². The van der Waals surface area contributed by atoms with Gasteiger partial charge in [0.25, 0.3) is 5.91 Å². The van der Waals surface area contributed by atoms with Gasteiger partial charge in [0.1, 0.15) is 11.5 Å². The third-order valence-electron chi connectivity index (χ3n) is 7.70. The van der Waals surface area contributed by atoms with Crippen molar-refractivity contribution in [3.05, 3.63) is 77.6 Å². The minimum atomic E-state index is -0.578. The number of nitrogens with one attached hydrogen (secondary N) is 2. The highest BCUT2D eigenvalue weighted by Gasteiger charge is 2.32. The smallest absolute Gasteiger partial charge is 0.270 e. The number of nitrogens with zero attached hydrogens (tertiary/aromatic N) is 4. The molecule has 1 aliphatic rings. The molecule has 4 aromatic rings. The zero-order valence-electron chi connectivity index (χ0n) is 23.3. The average molecular weight is 541 g/mol. The number of benzene rings is 1. The van der Waals surface area contributed by atoms with Gasteiger partial charge in [-0.1, -0.05) is 30.8 Å². The molecule has 2 N–H and O–H groups in total. The topological polar surface area (TPSA) is 115 Å². The summed E-state index contributed by atoms with van der Waals surface area (Å²) in [5.41, 5.74) is 5.23. The largest absolute Gasteiger partial charge is 0.361 e. The van der Waals surface area contributed by atoms with Gasteiger partial charge in [-0.2, -0.15) is 5.10 Å². The molecule has 0 unspecified atom stereocenters. The summed E-state index contributed by atoms with van der Waals surface area (Å²) in [5, 5.41) is 14.6. The number of pyridine rings is 1. The summed E-state index contributed by atoms with van der Waals surface area (Å²) in [7, 11) is 0. The molecule has 1 saturated carbocycles. The highest BCUT2D eigenvalue weighted by atomic mass is 16.5. The lowest BCUT2D eigenvalue weighted by molar-refractivity contribution is 0.0808. The van der Waals surface area contributed by atoms with Crippen LogP contribution in [-0.2, 0) is 6.54 Å². The van der Waals surface area contributed by atoms with Crippen molar-refractivity contribution in [3.8, 4) is 11.3 Å². The van der Waals surface area contributed by atoms with Crippen molar-refractivity contribution in [2.75, 3.05) is 5.32 Å². The fraction of sp³-hybridized carbons (Fsp3) is 0.387. The van der Waals surface area contributed by atoms with Crippen molar-refractivity contribution >= 4 is 23.1 Å². The Hall–Kier alpha value is -4.27. The zero-order chi connectivity index (χ0) is 28.1. The molecule has 0 saturated heterocycles. The predicted molar refractivity (Wildman–Crippen MR) is 154 cm³/mol. The van der Waals surface area contributed by atoms with Crippen LogP contribution in [0.1, 0.15) is 77.7 Å². The van der Waals surface area contributed by atoms with Gasteiger partial charge in [-0.05, 0) is 82.0 Å². The molecule has 0 spiro atoms. The van der Waals surface area contributed by atoms with E-state index in [1.165, 1.54) is 12.8 Å². The number of aryl methyl sites for hydroxylation is 3. The summed E-state index contributed by atoms with van der Waals surface area (Å²) in [6.45, 7) is 6.30. The Morgan fingerprint density at radius 1 is 1.00 bits per heavy atom. The predicted octanol–water partition coefficient (Wildman–Crippen LogP) is 6.27. The van der Waals surface area contributed by atoms with Crippen LogP contribution in [0.25, 0.3) is 11.3 Å². The molecule has 0 aliphatic heterocycles. The fourth-order valence-electron chi connectivity index (χ4n) is 5.56. The number of rotatable bonds is 9. The van der Waals surface area contributed by atoms with Gasteiger partial charge in [-0.15, -0.1) is 0 Å². The molecule has 1 fully saturated rings. The second-order valence-electron chi connectivity index (χ2n) is 10.4. The Bertz CT molecular complexity index is 1430. The molecule has 1 aromatic carbocycles. The van der Waals surface area contributed by atoms with E-state index in [0.29, 0.717) is 17.8 Å². The Morgan fingerprint density at radius 2 is 1.73 bits per heavy atom. The van der Waals surface area contributed by atoms with E-state index in [0.717, 1.165) is 59.8 Å². The number of amides is 1. The lowest BCUT2D eigenvalue weighted by atomic mass is 9.86. The number of hydrogen-bond donors (Lipinski definition) is 2. The average Bonchev–Trinajstić information content (AvgIpc) is 3.48. The van der Waals surface area contributed by atoms with Crippen LogP contribution in [0.5, 0.6) is 0 Å². The molecule has 3 aromatic heterocycles. The van der Waals surface area contributed by atoms with Crippen LogP contribution in [0.4, 0.5) is 11.4 Å². The van der Waals surface area contributed by atoms with Crippen molar-refractivity contribution in [2.45, 2.75) is 71.9 Å². The normalized spacial score (nSPS) is 14.9. The van der Waals surface area contributed by atoms with Crippen molar-refractivity contribution in [3.63, 3.8) is 0 Å². The van der Waals surface area contributed by atoms with E-state index in [4.69, 9.17) is 4.52 Å². The number of aromatic nitrogens is 4. The molecule has 0 bridgehead atoms. The summed E-state index contributed by atoms with van der Waals surface area (Å²) >= 11 is 0. The van der Waals surface area contributed by atoms with E-state index in [-0.39, 0.29) is 17.6 Å². The summed E-state index contributed by atoms with van der Waals surface area (Å²) in [4.78, 5) is 31.6. The molecule has 1 amide bonds. The first-order chi connectivity index (χ1) is 19.4. The molecule has 3 heterocycles. The fourth-order valence-corrected chi connectivity index (χ4v) is 5.56. The SMILES string of the molecule is CCn1nccc1C(=O)N[C@H](C(=O)c1ccc(Nc2ccc(-c3c(C)noc3C)nc2)cc1)C1CCCCCC1. The standard InChI is InChI=1S/C31H36N6O3/c1-4-37-27(17-18-33-37)31(39)35-29(22-9-7-5-6-8-10-22)30(38)23-11-13-24(14-12-23)34-25-15-16-26(32-19-25)28-20(2)36-40-21(28)3/h11-19,22,29,34H,4-10H2,1-3H3,(H,35,39)/t29-/m0/s1. The van der Waals surface area contributed by atoms with Crippen LogP contribution in [0.15, 0.2) is 59.4 Å². The molecular weight excluding hydrogens is 504 g/mol. The molecule has 1 atom stereocenters. The molecule has 9 nitrogen and oxygen atoms in total. The van der Waals surface area contributed by atoms with Gasteiger partial charge < -0.3 is 15.2 Å². The number of hydrogen-bond acceptors (Lipinski definition) is 7. The van der Waals surface area contributed by atoms with E-state index in [2.05, 4.69) is 25.9 Å². The summed E-state index contributed by atoms with van der Waals surface area (Å²) < 4.78 is 6.91. The van der Waals surface area contributed by atoms with Crippen LogP contribution in [0.2, 0.25) is 0 Å². The third-order valence-corrected chi connectivity index (χ3v) is 7.70. The number of carbonyl (C=O) groups is 2. The van der Waals surface area contributed by atoms with Crippen LogP contribution in [-0.4, -0.2) is 37.7 Å². The lowest BCUT2D eigenvalue weighted by Crippen LogP contribution is -2.46. The van der Waals surface area contributed by atoms with Crippen LogP contribution >= 0.6 is 0 Å². The summed E-state index contributed by atoms with van der Waals surface area (Å²) in [5.74, 6) is 0.532. The monoisotopic (exact) mass is 540 g/mol. The third kappa shape index (κ3) is 5.98. The summed E-state index contributed by atoms with van der Waals surface area (Å²) in [6, 6.07) is 12.4. The maximum absolute atomic E-state index is 13.8. The van der Waals surface area contributed by atoms with Gasteiger partial charge >= 0.3 is 0 Å². The van der Waals surface area contributed by atoms with E-state index in [1.807, 2.05) is 57.2 Å². The second kappa shape index (κ2) is 12.3. The Morgan fingerprint density at radius 3 is 2.35 bits per heavy atom. The number of anilines is 2. The maximum atomic E-state index is 13.8. The molecular formula is C31H36N6O3. The Labute approximate surface area is 234 Å². The van der Waals surface area contributed by atoms with Crippen molar-refractivity contribution in [1.29, 1.82) is 0 Å². The highest BCUT2D eigenvalue weighted by Crippen LogP contribution is 2.29. The molecule has 5 rings (SSSR count). The first kappa shape index (κ1) is 27.3. The van der Waals surface area contributed by atoms with Gasteiger partial charge in [0, 0.05) is 24.0 Å². The van der Waals surface area contributed by atoms with Crippen LogP contribution in [0.3, 0.4) is 0 Å². The lowest BCUT2D eigenvalue weighted by Gasteiger charge is -2.26. The van der Waals surface area contributed by atoms with Gasteiger partial charge in [-0.25, -0.2) is 0 Å². The minimum Gasteiger partial charge on any atom is -0.361 e. The second-order valence-corrected chi connectivity index (χ2v) is 10.4. The molecule has 0 radical (unpaired) electrons. The van der Waals surface area contributed by atoms with Crippen molar-refractivity contribution in [2.24, 2.45) is 5.92 Å². The molecule has 9 heteroatoms. The van der Waals surface area contributed by atoms with Gasteiger partial charge in [-0.3, -0.25) is 19.3 Å². The minimum absolute atomic E-state index is 0.0557. The molecule has 40 heavy (non-hydrogen) atoms. The first-order valence-electron chi connectivity index (χ1n) is 14.1. The highest BCUT2D eigenvalue weighted by molar-refractivity contribution is 6.04. The van der Waals surface area contributed by atoms with E-state index >= 15 is 0 Å². The quantitative estimate of drug-likeness (QED) is 0.190. The molecule has 208 valence electrons. The van der Waals surface area contributed by atoms with Gasteiger partial charge in [0.15, 0.2) is 5.78 Å². The first-order valence-corrected chi connectivity index (χ1v) is 14.1. The van der Waals surface area contributed by atoms with E-state index in [9.17, 15) is 9.59 Å². The van der Waals surface area contributed by atoms with Crippen molar-refractivity contribution < 1.29 is 14.1 Å². The number of Topliss-reactive ketones (excluding diaryl/α,β-unsaturated/α-hetero) is 1. The Kier molecular flexibility index (Phi) is 8.38. The van der Waals surface area contributed by atoms with E-state index < -0.39 is 6.04 Å². The Balaban J connectivity index is 1.31. The van der Waals surface area contributed by atoms with Crippen LogP contribution < -0.4 is 10.6 Å². The maximum Gasteiger partial charge on any atom is 0.270 e.